The summed E-state index contributed by atoms with van der Waals surface area (Å²) in [5.41, 5.74) is 2.35. The molecule has 0 saturated heterocycles. The number of hydrogen-bond acceptors (Lipinski definition) is 8. The molecule has 0 spiro atoms. The first kappa shape index (κ1) is 16.9. The van der Waals surface area contributed by atoms with E-state index in [1.165, 1.54) is 23.1 Å². The molecule has 3 aromatic heterocycles. The van der Waals surface area contributed by atoms with Crippen LogP contribution in [0.1, 0.15) is 18.4 Å². The van der Waals surface area contributed by atoms with E-state index in [-0.39, 0.29) is 11.2 Å². The lowest BCUT2D eigenvalue weighted by Crippen LogP contribution is -2.24. The molecule has 132 valence electrons. The number of aromatic nitrogens is 6. The number of hydrogen-bond donors (Lipinski definition) is 2. The number of nitrogens with one attached hydrogen (secondary N) is 2. The van der Waals surface area contributed by atoms with Crippen LogP contribution < -0.4 is 5.32 Å². The Morgan fingerprint density at radius 3 is 2.88 bits per heavy atom. The number of benzene rings is 1. The normalized spacial score (nSPS) is 12.5. The summed E-state index contributed by atoms with van der Waals surface area (Å²) >= 11 is 2.63. The van der Waals surface area contributed by atoms with Crippen molar-refractivity contribution in [2.75, 3.05) is 5.32 Å². The van der Waals surface area contributed by atoms with E-state index < -0.39 is 0 Å². The van der Waals surface area contributed by atoms with Gasteiger partial charge in [-0.05, 0) is 19.4 Å². The Kier molecular flexibility index (Phi) is 4.51. The van der Waals surface area contributed by atoms with E-state index in [9.17, 15) is 4.79 Å². The van der Waals surface area contributed by atoms with Crippen molar-refractivity contribution in [3.8, 4) is 0 Å². The number of thioether (sulfide) groups is 1. The third kappa shape index (κ3) is 3.25. The smallest absolute Gasteiger partial charge is 0.239 e. The first-order chi connectivity index (χ1) is 12.6. The van der Waals surface area contributed by atoms with Crippen LogP contribution in [0.4, 0.5) is 5.13 Å². The highest BCUT2D eigenvalue weighted by Crippen LogP contribution is 2.27. The highest BCUT2D eigenvalue weighted by molar-refractivity contribution is 8.00. The Hall–Kier alpha value is -2.59. The second-order valence-electron chi connectivity index (χ2n) is 5.59. The van der Waals surface area contributed by atoms with Gasteiger partial charge in [-0.2, -0.15) is 0 Å². The summed E-state index contributed by atoms with van der Waals surface area (Å²) in [5.74, 6) is -0.144. The lowest BCUT2D eigenvalue weighted by Gasteiger charge is -2.11. The van der Waals surface area contributed by atoms with Crippen LogP contribution in [0.2, 0.25) is 0 Å². The quantitative estimate of drug-likeness (QED) is 0.508. The van der Waals surface area contributed by atoms with Crippen molar-refractivity contribution in [2.45, 2.75) is 30.7 Å². The molecule has 1 unspecified atom stereocenters. The fourth-order valence-corrected chi connectivity index (χ4v) is 3.95. The summed E-state index contributed by atoms with van der Waals surface area (Å²) in [6.45, 7) is 3.78. The Morgan fingerprint density at radius 2 is 2.12 bits per heavy atom. The van der Waals surface area contributed by atoms with Crippen molar-refractivity contribution in [2.24, 2.45) is 0 Å². The highest BCUT2D eigenvalue weighted by atomic mass is 32.2. The van der Waals surface area contributed by atoms with Gasteiger partial charge in [-0.3, -0.25) is 10.1 Å². The first-order valence-electron chi connectivity index (χ1n) is 8.03. The molecule has 0 aliphatic carbocycles. The average molecular weight is 385 g/mol. The molecule has 8 nitrogen and oxygen atoms in total. The molecule has 1 atom stereocenters. The molecule has 4 aromatic rings. The van der Waals surface area contributed by atoms with Crippen LogP contribution >= 0.6 is 23.1 Å². The van der Waals surface area contributed by atoms with Crippen LogP contribution in [0.15, 0.2) is 29.4 Å². The van der Waals surface area contributed by atoms with Crippen molar-refractivity contribution >= 4 is 56.2 Å². The van der Waals surface area contributed by atoms with Crippen molar-refractivity contribution in [3.05, 3.63) is 29.3 Å². The van der Waals surface area contributed by atoms with Gasteiger partial charge in [0.05, 0.1) is 5.25 Å². The van der Waals surface area contributed by atoms with Gasteiger partial charge in [0.25, 0.3) is 0 Å². The largest absolute Gasteiger partial charge is 0.338 e. The molecule has 0 fully saturated rings. The molecule has 0 radical (unpaired) electrons. The number of rotatable bonds is 5. The Morgan fingerprint density at radius 1 is 1.27 bits per heavy atom. The minimum Gasteiger partial charge on any atom is -0.338 e. The van der Waals surface area contributed by atoms with E-state index in [0.717, 1.165) is 21.4 Å². The van der Waals surface area contributed by atoms with Gasteiger partial charge in [0.15, 0.2) is 5.65 Å². The van der Waals surface area contributed by atoms with Crippen LogP contribution in [0.3, 0.4) is 0 Å². The number of aryl methyl sites for hydroxylation is 1. The van der Waals surface area contributed by atoms with E-state index in [2.05, 4.69) is 35.7 Å². The number of anilines is 1. The summed E-state index contributed by atoms with van der Waals surface area (Å²) in [6, 6.07) is 7.85. The fourth-order valence-electron chi connectivity index (χ4n) is 2.54. The van der Waals surface area contributed by atoms with Crippen molar-refractivity contribution in [3.63, 3.8) is 0 Å². The fraction of sp³-hybridized carbons (Fsp3) is 0.250. The van der Waals surface area contributed by atoms with E-state index in [4.69, 9.17) is 0 Å². The molecule has 1 aromatic carbocycles. The average Bonchev–Trinajstić information content (AvgIpc) is 3.22. The molecule has 2 N–H and O–H groups in total. The van der Waals surface area contributed by atoms with Crippen LogP contribution in [0, 0.1) is 6.92 Å². The molecule has 0 bridgehead atoms. The molecule has 0 aliphatic rings. The Balaban J connectivity index is 1.56. The van der Waals surface area contributed by atoms with Crippen LogP contribution in [0.5, 0.6) is 0 Å². The summed E-state index contributed by atoms with van der Waals surface area (Å²) in [4.78, 5) is 20.2. The molecule has 1 amide bonds. The maximum Gasteiger partial charge on any atom is 0.239 e. The van der Waals surface area contributed by atoms with Gasteiger partial charge in [0.1, 0.15) is 10.5 Å². The molecule has 0 aliphatic heterocycles. The molecular formula is C16H15N7OS2. The number of carbonyl (C=O) groups is 1. The third-order valence-electron chi connectivity index (χ3n) is 3.77. The van der Waals surface area contributed by atoms with Crippen LogP contribution in [0.25, 0.3) is 22.1 Å². The molecular weight excluding hydrogens is 370 g/mol. The van der Waals surface area contributed by atoms with Crippen LogP contribution in [-0.2, 0) is 4.79 Å². The van der Waals surface area contributed by atoms with Crippen molar-refractivity contribution < 1.29 is 4.79 Å². The maximum absolute atomic E-state index is 12.5. The third-order valence-corrected chi connectivity index (χ3v) is 5.74. The van der Waals surface area contributed by atoms with Gasteiger partial charge in [-0.25, -0.2) is 4.98 Å². The minimum absolute atomic E-state index is 0.144. The second-order valence-corrected chi connectivity index (χ2v) is 7.94. The predicted molar refractivity (Wildman–Crippen MR) is 102 cm³/mol. The number of amides is 1. The number of nitrogens with zero attached hydrogens (tertiary/aromatic N) is 5. The highest BCUT2D eigenvalue weighted by Gasteiger charge is 2.21. The predicted octanol–water partition coefficient (Wildman–Crippen LogP) is 3.18. The number of fused-ring (bicyclic) bond motifs is 3. The van der Waals surface area contributed by atoms with Gasteiger partial charge in [0.2, 0.25) is 16.2 Å². The van der Waals surface area contributed by atoms with Gasteiger partial charge in [-0.1, -0.05) is 48.2 Å². The molecule has 0 saturated carbocycles. The van der Waals surface area contributed by atoms with E-state index >= 15 is 0 Å². The molecule has 26 heavy (non-hydrogen) atoms. The zero-order valence-electron chi connectivity index (χ0n) is 14.1. The van der Waals surface area contributed by atoms with Gasteiger partial charge in [-0.15, -0.1) is 20.4 Å². The minimum atomic E-state index is -0.345. The number of carbonyl (C=O) groups excluding carboxylic acids is 1. The van der Waals surface area contributed by atoms with Crippen LogP contribution in [-0.4, -0.2) is 41.5 Å². The number of para-hydroxylation sites is 1. The molecule has 3 heterocycles. The zero-order valence-corrected chi connectivity index (χ0v) is 15.7. The maximum atomic E-state index is 12.5. The molecule has 4 rings (SSSR count). The summed E-state index contributed by atoms with van der Waals surface area (Å²) in [7, 11) is 0. The van der Waals surface area contributed by atoms with Gasteiger partial charge in [0, 0.05) is 10.9 Å². The van der Waals surface area contributed by atoms with Crippen molar-refractivity contribution in [1.82, 2.24) is 30.4 Å². The van der Waals surface area contributed by atoms with E-state index in [1.54, 1.807) is 0 Å². The lowest BCUT2D eigenvalue weighted by molar-refractivity contribution is -0.115. The number of aromatic amines is 1. The van der Waals surface area contributed by atoms with E-state index in [0.29, 0.717) is 22.4 Å². The topological polar surface area (TPSA) is 109 Å². The zero-order chi connectivity index (χ0) is 18.1. The Bertz CT molecular complexity index is 1090. The number of H-pyrrole nitrogens is 1. The van der Waals surface area contributed by atoms with Gasteiger partial charge >= 0.3 is 0 Å². The summed E-state index contributed by atoms with van der Waals surface area (Å²) in [5, 5.41) is 21.5. The monoisotopic (exact) mass is 385 g/mol. The van der Waals surface area contributed by atoms with E-state index in [1.807, 2.05) is 38.1 Å². The second kappa shape index (κ2) is 6.96. The van der Waals surface area contributed by atoms with Crippen molar-refractivity contribution in [1.29, 1.82) is 0 Å². The lowest BCUT2D eigenvalue weighted by atomic mass is 10.2. The summed E-state index contributed by atoms with van der Waals surface area (Å²) in [6.07, 6.45) is 0.627. The first-order valence-corrected chi connectivity index (χ1v) is 9.72. The van der Waals surface area contributed by atoms with Gasteiger partial charge < -0.3 is 4.98 Å². The standard InChI is InChI=1S/C16H15N7OS2/c1-3-11(14(24)19-16-22-20-8(2)25-16)26-15-18-13-12(21-23-15)9-6-4-5-7-10(9)17-13/h4-7,11H,3H2,1-2H3,(H,17,18,23)(H,19,22,24). The molecule has 10 heteroatoms. The summed E-state index contributed by atoms with van der Waals surface area (Å²) < 4.78 is 0. The Labute approximate surface area is 156 Å². The SMILES string of the molecule is CCC(Sc1nnc2c(n1)[nH]c1ccccc12)C(=O)Nc1nnc(C)s1.